The maximum Gasteiger partial charge on any atom is 0.244 e. The van der Waals surface area contributed by atoms with E-state index in [1.807, 2.05) is 6.92 Å². The minimum Gasteiger partial charge on any atom is -0.367 e. The third-order valence-electron chi connectivity index (χ3n) is 4.40. The first kappa shape index (κ1) is 15.9. The van der Waals surface area contributed by atoms with Crippen LogP contribution in [0.5, 0.6) is 0 Å². The fraction of sp³-hybridized carbons (Fsp3) is 0.533. The van der Waals surface area contributed by atoms with Gasteiger partial charge in [-0.1, -0.05) is 17.7 Å². The van der Waals surface area contributed by atoms with Crippen molar-refractivity contribution in [3.8, 4) is 0 Å². The molecule has 5 nitrogen and oxygen atoms in total. The van der Waals surface area contributed by atoms with Crippen LogP contribution in [0.1, 0.15) is 24.8 Å². The zero-order valence-electron chi connectivity index (χ0n) is 12.3. The quantitative estimate of drug-likeness (QED) is 0.825. The molecule has 0 N–H and O–H groups in total. The number of ketones is 1. The van der Waals surface area contributed by atoms with Crippen molar-refractivity contribution in [1.29, 1.82) is 0 Å². The van der Waals surface area contributed by atoms with Crippen molar-refractivity contribution in [3.63, 3.8) is 0 Å². The lowest BCUT2D eigenvalue weighted by atomic mass is 9.89. The normalized spacial score (nSPS) is 22.4. The second kappa shape index (κ2) is 5.60. The van der Waals surface area contributed by atoms with Crippen LogP contribution >= 0.6 is 11.6 Å². The fourth-order valence-electron chi connectivity index (χ4n) is 3.10. The van der Waals surface area contributed by atoms with Crippen LogP contribution in [0.25, 0.3) is 0 Å². The molecule has 0 atom stereocenters. The maximum absolute atomic E-state index is 12.7. The molecule has 2 aliphatic rings. The number of aryl methyl sites for hydroxylation is 1. The van der Waals surface area contributed by atoms with E-state index in [1.54, 1.807) is 18.2 Å². The van der Waals surface area contributed by atoms with E-state index < -0.39 is 15.6 Å². The largest absolute Gasteiger partial charge is 0.367 e. The van der Waals surface area contributed by atoms with Crippen LogP contribution in [0.3, 0.4) is 0 Å². The summed E-state index contributed by atoms with van der Waals surface area (Å²) in [4.78, 5) is 11.6. The van der Waals surface area contributed by atoms with E-state index in [4.69, 9.17) is 16.3 Å². The van der Waals surface area contributed by atoms with Crippen molar-refractivity contribution in [2.45, 2.75) is 36.7 Å². The van der Waals surface area contributed by atoms with Crippen molar-refractivity contribution in [2.24, 2.45) is 0 Å². The number of carbonyl (C=O) groups excluding carboxylic acids is 1. The van der Waals surface area contributed by atoms with Crippen LogP contribution in [0.15, 0.2) is 23.1 Å². The topological polar surface area (TPSA) is 63.7 Å². The van der Waals surface area contributed by atoms with Gasteiger partial charge in [0.1, 0.15) is 11.5 Å². The summed E-state index contributed by atoms with van der Waals surface area (Å²) >= 11 is 6.10. The van der Waals surface area contributed by atoms with Gasteiger partial charge in [-0.3, -0.25) is 4.79 Å². The Morgan fingerprint density at radius 2 is 1.95 bits per heavy atom. The highest BCUT2D eigenvalue weighted by Gasteiger charge is 2.44. The van der Waals surface area contributed by atoms with Gasteiger partial charge >= 0.3 is 0 Å². The summed E-state index contributed by atoms with van der Waals surface area (Å²) in [7, 11) is -3.61. The molecule has 3 rings (SSSR count). The van der Waals surface area contributed by atoms with Crippen LogP contribution in [-0.2, 0) is 19.6 Å². The van der Waals surface area contributed by atoms with Crippen molar-refractivity contribution < 1.29 is 17.9 Å². The number of sulfonamides is 1. The van der Waals surface area contributed by atoms with Crippen LogP contribution in [-0.4, -0.2) is 43.8 Å². The van der Waals surface area contributed by atoms with Crippen molar-refractivity contribution in [1.82, 2.24) is 4.31 Å². The van der Waals surface area contributed by atoms with E-state index in [0.29, 0.717) is 32.4 Å². The van der Waals surface area contributed by atoms with Crippen LogP contribution < -0.4 is 0 Å². The van der Waals surface area contributed by atoms with Crippen LogP contribution in [0, 0.1) is 6.92 Å². The first-order chi connectivity index (χ1) is 10.3. The Balaban J connectivity index is 1.79. The number of rotatable bonds is 2. The van der Waals surface area contributed by atoms with Gasteiger partial charge in [-0.15, -0.1) is 0 Å². The Bertz CT molecular complexity index is 708. The Kier molecular flexibility index (Phi) is 4.05. The number of nitrogens with zero attached hydrogens (tertiary/aromatic N) is 1. The molecule has 120 valence electrons. The molecule has 0 bridgehead atoms. The standard InChI is InChI=1S/C15H18ClNO4S/c1-11-2-3-14(13(16)8-11)22(19,20)17-6-4-15(5-7-17)9-12(18)10-21-15/h2-3,8H,4-7,9-10H2,1H3. The van der Waals surface area contributed by atoms with E-state index in [9.17, 15) is 13.2 Å². The average Bonchev–Trinajstić information content (AvgIpc) is 2.80. The summed E-state index contributed by atoms with van der Waals surface area (Å²) in [5.41, 5.74) is 0.458. The fourth-order valence-corrected chi connectivity index (χ4v) is 5.12. The number of hydrogen-bond donors (Lipinski definition) is 0. The lowest BCUT2D eigenvalue weighted by Crippen LogP contribution is -2.46. The number of carbonyl (C=O) groups is 1. The SMILES string of the molecule is Cc1ccc(S(=O)(=O)N2CCC3(CC2)CC(=O)CO3)c(Cl)c1. The number of ether oxygens (including phenoxy) is 1. The van der Waals surface area contributed by atoms with Gasteiger partial charge in [0, 0.05) is 19.5 Å². The van der Waals surface area contributed by atoms with Crippen molar-refractivity contribution >= 4 is 27.4 Å². The summed E-state index contributed by atoms with van der Waals surface area (Å²) < 4.78 is 32.5. The molecular formula is C15H18ClNO4S. The summed E-state index contributed by atoms with van der Waals surface area (Å²) in [6.07, 6.45) is 1.48. The van der Waals surface area contributed by atoms with Gasteiger partial charge in [0.15, 0.2) is 5.78 Å². The molecule has 1 spiro atoms. The molecule has 2 aliphatic heterocycles. The number of halogens is 1. The molecular weight excluding hydrogens is 326 g/mol. The minimum absolute atomic E-state index is 0.0953. The number of Topliss-reactive ketones (excluding diaryl/α,β-unsaturated/α-hetero) is 1. The highest BCUT2D eigenvalue weighted by molar-refractivity contribution is 7.89. The van der Waals surface area contributed by atoms with Gasteiger partial charge in [0.2, 0.25) is 10.0 Å². The van der Waals surface area contributed by atoms with E-state index in [0.717, 1.165) is 5.56 Å². The van der Waals surface area contributed by atoms with Gasteiger partial charge < -0.3 is 4.74 Å². The molecule has 7 heteroatoms. The molecule has 2 saturated heterocycles. The molecule has 0 aliphatic carbocycles. The Hall–Kier alpha value is -0.950. The molecule has 0 unspecified atom stereocenters. The van der Waals surface area contributed by atoms with E-state index in [2.05, 4.69) is 0 Å². The van der Waals surface area contributed by atoms with Gasteiger partial charge in [-0.25, -0.2) is 8.42 Å². The number of piperidine rings is 1. The van der Waals surface area contributed by atoms with Gasteiger partial charge in [-0.05, 0) is 37.5 Å². The van der Waals surface area contributed by atoms with Gasteiger partial charge in [0.25, 0.3) is 0 Å². The Morgan fingerprint density at radius 1 is 1.27 bits per heavy atom. The first-order valence-electron chi connectivity index (χ1n) is 7.24. The monoisotopic (exact) mass is 343 g/mol. The summed E-state index contributed by atoms with van der Waals surface area (Å²) in [5.74, 6) is 0.0953. The lowest BCUT2D eigenvalue weighted by Gasteiger charge is -2.37. The first-order valence-corrected chi connectivity index (χ1v) is 9.06. The molecule has 22 heavy (non-hydrogen) atoms. The highest BCUT2D eigenvalue weighted by Crippen LogP contribution is 2.36. The third kappa shape index (κ3) is 2.80. The van der Waals surface area contributed by atoms with Crippen LogP contribution in [0.4, 0.5) is 0 Å². The minimum atomic E-state index is -3.61. The number of benzene rings is 1. The smallest absolute Gasteiger partial charge is 0.244 e. The highest BCUT2D eigenvalue weighted by atomic mass is 35.5. The lowest BCUT2D eigenvalue weighted by molar-refractivity contribution is -0.117. The van der Waals surface area contributed by atoms with Crippen molar-refractivity contribution in [2.75, 3.05) is 19.7 Å². The molecule has 2 heterocycles. The van der Waals surface area contributed by atoms with Crippen LogP contribution in [0.2, 0.25) is 5.02 Å². The second-order valence-electron chi connectivity index (χ2n) is 6.03. The number of hydrogen-bond acceptors (Lipinski definition) is 4. The third-order valence-corrected chi connectivity index (χ3v) is 6.78. The summed E-state index contributed by atoms with van der Waals surface area (Å²) in [6, 6.07) is 4.94. The zero-order chi connectivity index (χ0) is 16.0. The Morgan fingerprint density at radius 3 is 2.50 bits per heavy atom. The van der Waals surface area contributed by atoms with Gasteiger partial charge in [-0.2, -0.15) is 4.31 Å². The van der Waals surface area contributed by atoms with Crippen molar-refractivity contribution in [3.05, 3.63) is 28.8 Å². The predicted octanol–water partition coefficient (Wildman–Crippen LogP) is 2.16. The molecule has 0 saturated carbocycles. The zero-order valence-corrected chi connectivity index (χ0v) is 13.9. The predicted molar refractivity (Wildman–Crippen MR) is 82.5 cm³/mol. The summed E-state index contributed by atoms with van der Waals surface area (Å²) in [5, 5.41) is 0.243. The molecule has 2 fully saturated rings. The van der Waals surface area contributed by atoms with E-state index in [1.165, 1.54) is 4.31 Å². The van der Waals surface area contributed by atoms with E-state index in [-0.39, 0.29) is 22.3 Å². The Labute approximate surface area is 135 Å². The molecule has 0 radical (unpaired) electrons. The molecule has 0 amide bonds. The molecule has 1 aromatic rings. The van der Waals surface area contributed by atoms with E-state index >= 15 is 0 Å². The molecule has 0 aromatic heterocycles. The summed E-state index contributed by atoms with van der Waals surface area (Å²) in [6.45, 7) is 2.71. The average molecular weight is 344 g/mol. The maximum atomic E-state index is 12.7. The molecule has 1 aromatic carbocycles. The van der Waals surface area contributed by atoms with Gasteiger partial charge in [0.05, 0.1) is 10.6 Å². The second-order valence-corrected chi connectivity index (χ2v) is 8.34.